The average Bonchev–Trinajstić information content (AvgIpc) is 2.76. The first-order chi connectivity index (χ1) is 14.8. The van der Waals surface area contributed by atoms with E-state index in [1.165, 1.54) is 6.42 Å². The maximum atomic E-state index is 13.3. The molecule has 31 heavy (non-hydrogen) atoms. The fourth-order valence-corrected chi connectivity index (χ4v) is 4.29. The van der Waals surface area contributed by atoms with E-state index in [1.807, 2.05) is 37.3 Å². The average molecular weight is 461 g/mol. The summed E-state index contributed by atoms with van der Waals surface area (Å²) in [5.74, 6) is -0.203. The molecule has 0 aromatic heterocycles. The zero-order valence-corrected chi connectivity index (χ0v) is 19.7. The largest absolute Gasteiger partial charge is 0.352 e. The van der Waals surface area contributed by atoms with Crippen molar-refractivity contribution in [2.24, 2.45) is 0 Å². The maximum absolute atomic E-state index is 13.3. The molecule has 0 aliphatic heterocycles. The van der Waals surface area contributed by atoms with Crippen molar-refractivity contribution in [1.29, 1.82) is 0 Å². The molecule has 0 unspecified atom stereocenters. The number of carbonyl (C=O) groups is 2. The molecule has 2 aromatic rings. The summed E-state index contributed by atoms with van der Waals surface area (Å²) in [7, 11) is 0. The summed E-state index contributed by atoms with van der Waals surface area (Å²) >= 11 is 12.2. The van der Waals surface area contributed by atoms with Crippen molar-refractivity contribution in [2.45, 2.75) is 71.0 Å². The summed E-state index contributed by atoms with van der Waals surface area (Å²) in [6.07, 6.45) is 5.74. The van der Waals surface area contributed by atoms with E-state index in [4.69, 9.17) is 23.2 Å². The van der Waals surface area contributed by atoms with Crippen LogP contribution in [0.5, 0.6) is 0 Å². The predicted molar refractivity (Wildman–Crippen MR) is 126 cm³/mol. The van der Waals surface area contributed by atoms with Gasteiger partial charge in [-0.1, -0.05) is 78.4 Å². The summed E-state index contributed by atoms with van der Waals surface area (Å²) in [5.41, 5.74) is 2.91. The first kappa shape index (κ1) is 23.6. The second-order valence-corrected chi connectivity index (χ2v) is 9.27. The third-order valence-electron chi connectivity index (χ3n) is 5.93. The fraction of sp³-hybridized carbons (Fsp3) is 0.440. The molecule has 2 aromatic carbocycles. The smallest absolute Gasteiger partial charge is 0.242 e. The van der Waals surface area contributed by atoms with Gasteiger partial charge in [0.2, 0.25) is 11.8 Å². The van der Waals surface area contributed by atoms with E-state index in [0.717, 1.165) is 42.4 Å². The second-order valence-electron chi connectivity index (χ2n) is 8.45. The first-order valence-electron chi connectivity index (χ1n) is 10.9. The van der Waals surface area contributed by atoms with Crippen molar-refractivity contribution in [2.75, 3.05) is 0 Å². The Morgan fingerprint density at radius 3 is 2.29 bits per heavy atom. The maximum Gasteiger partial charge on any atom is 0.242 e. The van der Waals surface area contributed by atoms with Crippen molar-refractivity contribution in [3.05, 3.63) is 69.2 Å². The van der Waals surface area contributed by atoms with Crippen LogP contribution in [0, 0.1) is 6.92 Å². The number of carbonyl (C=O) groups excluding carboxylic acids is 2. The molecule has 1 saturated carbocycles. The minimum Gasteiger partial charge on any atom is -0.352 e. The van der Waals surface area contributed by atoms with Gasteiger partial charge in [0.25, 0.3) is 0 Å². The normalized spacial score (nSPS) is 15.4. The van der Waals surface area contributed by atoms with E-state index < -0.39 is 6.04 Å². The van der Waals surface area contributed by atoms with Crippen molar-refractivity contribution in [3.8, 4) is 0 Å². The molecule has 3 rings (SSSR count). The Hall–Kier alpha value is -2.04. The Balaban J connectivity index is 1.77. The zero-order valence-electron chi connectivity index (χ0n) is 18.2. The number of amides is 2. The number of benzene rings is 2. The van der Waals surface area contributed by atoms with E-state index in [-0.39, 0.29) is 24.3 Å². The molecule has 1 N–H and O–H groups in total. The third-order valence-corrected chi connectivity index (χ3v) is 6.67. The Kier molecular flexibility index (Phi) is 8.39. The van der Waals surface area contributed by atoms with E-state index in [0.29, 0.717) is 16.6 Å². The molecular formula is C25H30Cl2N2O2. The summed E-state index contributed by atoms with van der Waals surface area (Å²) in [6.45, 7) is 4.10. The van der Waals surface area contributed by atoms with Crippen LogP contribution in [-0.2, 0) is 22.6 Å². The van der Waals surface area contributed by atoms with Gasteiger partial charge < -0.3 is 10.2 Å². The standard InChI is InChI=1S/C25H30Cl2N2O2/c1-17-8-10-19(11-9-17)15-24(30)29(16-20-12-13-22(26)23(27)14-20)18(2)25(31)28-21-6-4-3-5-7-21/h8-14,18,21H,3-7,15-16H2,1-2H3,(H,28,31)/t18-/m1/s1. The van der Waals surface area contributed by atoms with Crippen LogP contribution in [0.1, 0.15) is 55.7 Å². The number of rotatable bonds is 7. The number of aryl methyl sites for hydroxylation is 1. The van der Waals surface area contributed by atoms with Crippen molar-refractivity contribution in [3.63, 3.8) is 0 Å². The number of nitrogens with one attached hydrogen (secondary N) is 1. The number of halogens is 2. The molecule has 6 heteroatoms. The molecule has 1 aliphatic rings. The lowest BCUT2D eigenvalue weighted by molar-refractivity contribution is -0.140. The van der Waals surface area contributed by atoms with Gasteiger partial charge in [0, 0.05) is 12.6 Å². The predicted octanol–water partition coefficient (Wildman–Crippen LogP) is 5.71. The molecule has 4 nitrogen and oxygen atoms in total. The minimum absolute atomic E-state index is 0.0961. The minimum atomic E-state index is -0.589. The molecule has 0 saturated heterocycles. The molecule has 166 valence electrons. The Bertz CT molecular complexity index is 908. The SMILES string of the molecule is Cc1ccc(CC(=O)N(Cc2ccc(Cl)c(Cl)c2)[C@H](C)C(=O)NC2CCCCC2)cc1. The van der Waals surface area contributed by atoms with E-state index in [1.54, 1.807) is 24.0 Å². The summed E-state index contributed by atoms with van der Waals surface area (Å²) in [5, 5.41) is 4.05. The zero-order chi connectivity index (χ0) is 22.4. The van der Waals surface area contributed by atoms with Gasteiger partial charge in [-0.2, -0.15) is 0 Å². The Labute approximate surface area is 194 Å². The Morgan fingerprint density at radius 1 is 1.00 bits per heavy atom. The van der Waals surface area contributed by atoms with Gasteiger partial charge in [-0.3, -0.25) is 9.59 Å². The van der Waals surface area contributed by atoms with Crippen LogP contribution in [0.15, 0.2) is 42.5 Å². The monoisotopic (exact) mass is 460 g/mol. The molecular weight excluding hydrogens is 431 g/mol. The van der Waals surface area contributed by atoms with Gasteiger partial charge in [0.15, 0.2) is 0 Å². The molecule has 0 spiro atoms. The lowest BCUT2D eigenvalue weighted by Crippen LogP contribution is -2.50. The van der Waals surface area contributed by atoms with Crippen molar-refractivity contribution >= 4 is 35.0 Å². The van der Waals surface area contributed by atoms with Gasteiger partial charge in [0.1, 0.15) is 6.04 Å². The summed E-state index contributed by atoms with van der Waals surface area (Å²) in [4.78, 5) is 27.9. The van der Waals surface area contributed by atoms with Crippen LogP contribution in [0.4, 0.5) is 0 Å². The van der Waals surface area contributed by atoms with Crippen LogP contribution < -0.4 is 5.32 Å². The highest BCUT2D eigenvalue weighted by Crippen LogP contribution is 2.24. The van der Waals surface area contributed by atoms with Gasteiger partial charge in [0.05, 0.1) is 16.5 Å². The highest BCUT2D eigenvalue weighted by Gasteiger charge is 2.28. The van der Waals surface area contributed by atoms with Gasteiger partial charge in [-0.25, -0.2) is 0 Å². The third kappa shape index (κ3) is 6.72. The fourth-order valence-electron chi connectivity index (χ4n) is 3.97. The molecule has 0 bridgehead atoms. The Morgan fingerprint density at radius 2 is 1.65 bits per heavy atom. The number of hydrogen-bond donors (Lipinski definition) is 1. The second kappa shape index (κ2) is 11.0. The summed E-state index contributed by atoms with van der Waals surface area (Å²) in [6, 6.07) is 12.8. The number of nitrogens with zero attached hydrogens (tertiary/aromatic N) is 1. The van der Waals surface area contributed by atoms with E-state index in [9.17, 15) is 9.59 Å². The van der Waals surface area contributed by atoms with Crippen molar-refractivity contribution in [1.82, 2.24) is 10.2 Å². The molecule has 2 amide bonds. The lowest BCUT2D eigenvalue weighted by Gasteiger charge is -2.31. The molecule has 1 fully saturated rings. The molecule has 0 radical (unpaired) electrons. The van der Waals surface area contributed by atoms with Crippen LogP contribution in [-0.4, -0.2) is 28.8 Å². The van der Waals surface area contributed by atoms with Gasteiger partial charge in [-0.05, 0) is 49.9 Å². The van der Waals surface area contributed by atoms with Crippen LogP contribution >= 0.6 is 23.2 Å². The van der Waals surface area contributed by atoms with Crippen molar-refractivity contribution < 1.29 is 9.59 Å². The van der Waals surface area contributed by atoms with Crippen LogP contribution in [0.2, 0.25) is 10.0 Å². The lowest BCUT2D eigenvalue weighted by atomic mass is 9.95. The molecule has 0 heterocycles. The topological polar surface area (TPSA) is 49.4 Å². The highest BCUT2D eigenvalue weighted by atomic mass is 35.5. The number of hydrogen-bond acceptors (Lipinski definition) is 2. The van der Waals surface area contributed by atoms with Crippen LogP contribution in [0.25, 0.3) is 0 Å². The van der Waals surface area contributed by atoms with Crippen LogP contribution in [0.3, 0.4) is 0 Å². The summed E-state index contributed by atoms with van der Waals surface area (Å²) < 4.78 is 0. The van der Waals surface area contributed by atoms with E-state index >= 15 is 0 Å². The molecule has 1 aliphatic carbocycles. The van der Waals surface area contributed by atoms with E-state index in [2.05, 4.69) is 5.32 Å². The van der Waals surface area contributed by atoms with Gasteiger partial charge in [-0.15, -0.1) is 0 Å². The first-order valence-corrected chi connectivity index (χ1v) is 11.7. The highest BCUT2D eigenvalue weighted by molar-refractivity contribution is 6.42. The quantitative estimate of drug-likeness (QED) is 0.574. The molecule has 1 atom stereocenters. The van der Waals surface area contributed by atoms with Gasteiger partial charge >= 0.3 is 0 Å².